The Morgan fingerprint density at radius 2 is 1.91 bits per heavy atom. The van der Waals surface area contributed by atoms with Crippen molar-refractivity contribution in [1.29, 1.82) is 0 Å². The lowest BCUT2D eigenvalue weighted by Crippen LogP contribution is -2.34. The van der Waals surface area contributed by atoms with Crippen molar-refractivity contribution >= 4 is 11.6 Å². The summed E-state index contributed by atoms with van der Waals surface area (Å²) in [6.45, 7) is 0.767. The Kier molecular flexibility index (Phi) is 3.19. The van der Waals surface area contributed by atoms with Gasteiger partial charge < -0.3 is 9.47 Å². The minimum absolute atomic E-state index is 0.434. The molecule has 1 fully saturated rings. The van der Waals surface area contributed by atoms with Crippen LogP contribution in [0.15, 0.2) is 36.7 Å². The maximum absolute atomic E-state index is 6.27. The van der Waals surface area contributed by atoms with Crippen LogP contribution in [0.5, 0.6) is 5.75 Å². The number of ether oxygens (including phenoxy) is 2. The van der Waals surface area contributed by atoms with Crippen LogP contribution in [0.25, 0.3) is 11.6 Å². The van der Waals surface area contributed by atoms with Gasteiger partial charge >= 0.3 is 0 Å². The predicted molar refractivity (Wildman–Crippen MR) is 84.4 cm³/mol. The molecule has 0 amide bonds. The maximum atomic E-state index is 6.27. The normalized spacial score (nSPS) is 23.2. The van der Waals surface area contributed by atoms with E-state index in [2.05, 4.69) is 28.2 Å². The highest BCUT2D eigenvalue weighted by molar-refractivity contribution is 5.91. The molecule has 0 bridgehead atoms. The molecule has 0 radical (unpaired) electrons. The molecule has 0 saturated carbocycles. The Hall–Kier alpha value is -2.20. The average Bonchev–Trinajstić information content (AvgIpc) is 2.90. The van der Waals surface area contributed by atoms with Crippen molar-refractivity contribution < 1.29 is 9.47 Å². The molecule has 1 spiro atoms. The molecule has 1 aliphatic carbocycles. The van der Waals surface area contributed by atoms with Gasteiger partial charge in [0.15, 0.2) is 0 Å². The third-order valence-corrected chi connectivity index (χ3v) is 4.50. The zero-order valence-electron chi connectivity index (χ0n) is 12.6. The number of hydrogen-bond acceptors (Lipinski definition) is 4. The number of nitrogens with zero attached hydrogens (tertiary/aromatic N) is 2. The third kappa shape index (κ3) is 1.95. The Labute approximate surface area is 129 Å². The van der Waals surface area contributed by atoms with Crippen LogP contribution >= 0.6 is 0 Å². The maximum Gasteiger partial charge on any atom is 0.138 e. The molecule has 112 valence electrons. The van der Waals surface area contributed by atoms with Crippen molar-refractivity contribution in [2.24, 2.45) is 0 Å². The Bertz CT molecular complexity index is 716. The van der Waals surface area contributed by atoms with Gasteiger partial charge in [-0.3, -0.25) is 9.97 Å². The smallest absolute Gasteiger partial charge is 0.138 e. The van der Waals surface area contributed by atoms with E-state index in [9.17, 15) is 0 Å². The highest BCUT2D eigenvalue weighted by Gasteiger charge is 2.46. The molecule has 2 aromatic rings. The van der Waals surface area contributed by atoms with Crippen molar-refractivity contribution in [2.45, 2.75) is 24.9 Å². The standard InChI is InChI=1S/C18H18N2O2/c1-21-14-6-4-13(5-7-14)15-12-16-17(20-10-9-19-16)18(15)8-2-3-11-22-18/h4-7,9-10,12H,2-3,8,11H2,1H3. The number of benzene rings is 1. The molecule has 4 nitrogen and oxygen atoms in total. The zero-order valence-corrected chi connectivity index (χ0v) is 12.6. The molecule has 22 heavy (non-hydrogen) atoms. The van der Waals surface area contributed by atoms with Gasteiger partial charge in [-0.2, -0.15) is 0 Å². The molecule has 1 unspecified atom stereocenters. The number of fused-ring (bicyclic) bond motifs is 2. The second-order valence-corrected chi connectivity index (χ2v) is 5.71. The van der Waals surface area contributed by atoms with E-state index in [-0.39, 0.29) is 0 Å². The lowest BCUT2D eigenvalue weighted by atomic mass is 9.83. The SMILES string of the molecule is COc1ccc(C2=Cc3nccnc3C23CCCCO3)cc1. The van der Waals surface area contributed by atoms with Crippen LogP contribution in [0.1, 0.15) is 36.2 Å². The van der Waals surface area contributed by atoms with Gasteiger partial charge in [0.05, 0.1) is 12.8 Å². The number of rotatable bonds is 2. The minimum Gasteiger partial charge on any atom is -0.497 e. The number of aromatic nitrogens is 2. The Morgan fingerprint density at radius 1 is 1.09 bits per heavy atom. The first kappa shape index (κ1) is 13.5. The van der Waals surface area contributed by atoms with Crippen molar-refractivity contribution in [3.63, 3.8) is 0 Å². The van der Waals surface area contributed by atoms with Gasteiger partial charge in [0.1, 0.15) is 17.0 Å². The van der Waals surface area contributed by atoms with Crippen molar-refractivity contribution in [2.75, 3.05) is 13.7 Å². The Morgan fingerprint density at radius 3 is 2.64 bits per heavy atom. The summed E-state index contributed by atoms with van der Waals surface area (Å²) in [6.07, 6.45) is 8.81. The van der Waals surface area contributed by atoms with E-state index in [0.717, 1.165) is 54.1 Å². The molecule has 4 rings (SSSR count). The first-order valence-electron chi connectivity index (χ1n) is 7.65. The fourth-order valence-electron chi connectivity index (χ4n) is 3.43. The molecular weight excluding hydrogens is 276 g/mol. The molecule has 2 aliphatic rings. The minimum atomic E-state index is -0.434. The van der Waals surface area contributed by atoms with Gasteiger partial charge in [-0.1, -0.05) is 12.1 Å². The molecule has 1 aromatic heterocycles. The van der Waals surface area contributed by atoms with E-state index in [1.807, 2.05) is 12.1 Å². The second kappa shape index (κ2) is 5.21. The van der Waals surface area contributed by atoms with Gasteiger partial charge in [0.2, 0.25) is 0 Å². The molecule has 1 aliphatic heterocycles. The Balaban J connectivity index is 1.83. The molecular formula is C18H18N2O2. The van der Waals surface area contributed by atoms with E-state index in [0.29, 0.717) is 0 Å². The van der Waals surface area contributed by atoms with E-state index >= 15 is 0 Å². The summed E-state index contributed by atoms with van der Waals surface area (Å²) >= 11 is 0. The molecule has 0 N–H and O–H groups in total. The van der Waals surface area contributed by atoms with Gasteiger partial charge in [0, 0.05) is 19.0 Å². The van der Waals surface area contributed by atoms with Gasteiger partial charge in [0.25, 0.3) is 0 Å². The van der Waals surface area contributed by atoms with E-state index in [1.54, 1.807) is 19.5 Å². The largest absolute Gasteiger partial charge is 0.497 e. The summed E-state index contributed by atoms with van der Waals surface area (Å²) in [5.41, 5.74) is 3.76. The van der Waals surface area contributed by atoms with Gasteiger partial charge in [-0.05, 0) is 48.6 Å². The number of methoxy groups -OCH3 is 1. The van der Waals surface area contributed by atoms with Crippen LogP contribution in [-0.2, 0) is 10.3 Å². The monoisotopic (exact) mass is 294 g/mol. The quantitative estimate of drug-likeness (QED) is 0.851. The third-order valence-electron chi connectivity index (χ3n) is 4.50. The van der Waals surface area contributed by atoms with Crippen LogP contribution in [0.3, 0.4) is 0 Å². The first-order valence-corrected chi connectivity index (χ1v) is 7.65. The van der Waals surface area contributed by atoms with Crippen molar-refractivity contribution in [1.82, 2.24) is 9.97 Å². The van der Waals surface area contributed by atoms with Crippen molar-refractivity contribution in [3.05, 3.63) is 53.6 Å². The van der Waals surface area contributed by atoms with E-state index < -0.39 is 5.60 Å². The van der Waals surface area contributed by atoms with E-state index in [4.69, 9.17) is 9.47 Å². The van der Waals surface area contributed by atoms with Gasteiger partial charge in [-0.25, -0.2) is 0 Å². The molecule has 1 saturated heterocycles. The van der Waals surface area contributed by atoms with Crippen LogP contribution in [0.4, 0.5) is 0 Å². The highest BCUT2D eigenvalue weighted by atomic mass is 16.5. The summed E-state index contributed by atoms with van der Waals surface area (Å²) < 4.78 is 11.5. The summed E-state index contributed by atoms with van der Waals surface area (Å²) in [5.74, 6) is 0.856. The number of hydrogen-bond donors (Lipinski definition) is 0. The zero-order chi connectivity index (χ0) is 15.0. The predicted octanol–water partition coefficient (Wildman–Crippen LogP) is 3.44. The first-order chi connectivity index (χ1) is 10.8. The fraction of sp³-hybridized carbons (Fsp3) is 0.333. The topological polar surface area (TPSA) is 44.2 Å². The van der Waals surface area contributed by atoms with E-state index in [1.165, 1.54) is 0 Å². The van der Waals surface area contributed by atoms with Crippen LogP contribution < -0.4 is 4.74 Å². The van der Waals surface area contributed by atoms with Crippen molar-refractivity contribution in [3.8, 4) is 5.75 Å². The van der Waals surface area contributed by atoms with Crippen LogP contribution in [0.2, 0.25) is 0 Å². The molecule has 1 aromatic carbocycles. The summed E-state index contributed by atoms with van der Waals surface area (Å²) in [5, 5.41) is 0. The van der Waals surface area contributed by atoms with Crippen LogP contribution in [0, 0.1) is 0 Å². The highest BCUT2D eigenvalue weighted by Crippen LogP contribution is 2.50. The molecule has 4 heteroatoms. The summed E-state index contributed by atoms with van der Waals surface area (Å²) in [4.78, 5) is 9.06. The summed E-state index contributed by atoms with van der Waals surface area (Å²) in [7, 11) is 1.68. The van der Waals surface area contributed by atoms with Gasteiger partial charge in [-0.15, -0.1) is 0 Å². The average molecular weight is 294 g/mol. The second-order valence-electron chi connectivity index (χ2n) is 5.71. The summed E-state index contributed by atoms with van der Waals surface area (Å²) in [6, 6.07) is 8.12. The fourth-order valence-corrected chi connectivity index (χ4v) is 3.43. The lowest BCUT2D eigenvalue weighted by Gasteiger charge is -2.36. The van der Waals surface area contributed by atoms with Crippen LogP contribution in [-0.4, -0.2) is 23.7 Å². The lowest BCUT2D eigenvalue weighted by molar-refractivity contribution is -0.0406. The molecule has 1 atom stereocenters. The molecule has 2 heterocycles.